The lowest BCUT2D eigenvalue weighted by atomic mass is 10.1. The first kappa shape index (κ1) is 13.4. The quantitative estimate of drug-likeness (QED) is 0.809. The lowest BCUT2D eigenvalue weighted by molar-refractivity contribution is 0.221. The minimum absolute atomic E-state index is 0.00570. The van der Waals surface area contributed by atoms with Gasteiger partial charge in [0.05, 0.1) is 12.0 Å². The summed E-state index contributed by atoms with van der Waals surface area (Å²) in [5.41, 5.74) is 0.145. The zero-order chi connectivity index (χ0) is 12.1. The summed E-state index contributed by atoms with van der Waals surface area (Å²) in [6.45, 7) is 0.800. The first-order chi connectivity index (χ1) is 7.54. The van der Waals surface area contributed by atoms with Gasteiger partial charge < -0.3 is 10.0 Å². The van der Waals surface area contributed by atoms with Crippen molar-refractivity contribution in [1.29, 1.82) is 0 Å². The Balaban J connectivity index is 2.72. The van der Waals surface area contributed by atoms with Crippen LogP contribution in [-0.2, 0) is 0 Å². The topological polar surface area (TPSA) is 23.5 Å². The third-order valence-electron chi connectivity index (χ3n) is 2.25. The van der Waals surface area contributed by atoms with Crippen LogP contribution in [0.15, 0.2) is 18.2 Å². The second-order valence-electron chi connectivity index (χ2n) is 3.62. The van der Waals surface area contributed by atoms with E-state index in [9.17, 15) is 8.78 Å². The number of rotatable bonds is 5. The van der Waals surface area contributed by atoms with Crippen molar-refractivity contribution < 1.29 is 13.9 Å². The standard InChI is InChI=1S/C11H14ClF2NO/c1-15(4-5-16)7-10(12)9-6-8(13)2-3-11(9)14/h2-3,6,10,16H,4-5,7H2,1H3. The van der Waals surface area contributed by atoms with E-state index in [-0.39, 0.29) is 12.2 Å². The zero-order valence-corrected chi connectivity index (χ0v) is 9.71. The van der Waals surface area contributed by atoms with Crippen LogP contribution in [0.2, 0.25) is 0 Å². The molecule has 1 aromatic carbocycles. The molecule has 0 aromatic heterocycles. The van der Waals surface area contributed by atoms with Gasteiger partial charge in [-0.15, -0.1) is 11.6 Å². The third kappa shape index (κ3) is 3.70. The van der Waals surface area contributed by atoms with Gasteiger partial charge in [0.15, 0.2) is 0 Å². The summed E-state index contributed by atoms with van der Waals surface area (Å²) in [5.74, 6) is -1.02. The van der Waals surface area contributed by atoms with Crippen molar-refractivity contribution in [2.45, 2.75) is 5.38 Å². The molecule has 0 aliphatic carbocycles. The average Bonchev–Trinajstić information content (AvgIpc) is 2.21. The second kappa shape index (κ2) is 6.13. The molecule has 0 saturated heterocycles. The molecule has 90 valence electrons. The molecule has 0 amide bonds. The van der Waals surface area contributed by atoms with E-state index in [4.69, 9.17) is 16.7 Å². The Morgan fingerprint density at radius 2 is 2.12 bits per heavy atom. The Bertz CT molecular complexity index is 349. The molecule has 1 atom stereocenters. The number of halogens is 3. The Kier molecular flexibility index (Phi) is 5.12. The number of hydrogen-bond donors (Lipinski definition) is 1. The predicted molar refractivity (Wildman–Crippen MR) is 59.5 cm³/mol. The van der Waals surface area contributed by atoms with Gasteiger partial charge in [0, 0.05) is 18.7 Å². The monoisotopic (exact) mass is 249 g/mol. The zero-order valence-electron chi connectivity index (χ0n) is 8.96. The van der Waals surface area contributed by atoms with E-state index in [1.54, 1.807) is 11.9 Å². The number of likely N-dealkylation sites (N-methyl/N-ethyl adjacent to an activating group) is 1. The van der Waals surface area contributed by atoms with E-state index >= 15 is 0 Å². The maximum Gasteiger partial charge on any atom is 0.128 e. The largest absolute Gasteiger partial charge is 0.395 e. The lowest BCUT2D eigenvalue weighted by Crippen LogP contribution is -2.26. The molecule has 1 rings (SSSR count). The number of nitrogens with zero attached hydrogens (tertiary/aromatic N) is 1. The first-order valence-electron chi connectivity index (χ1n) is 4.93. The van der Waals surface area contributed by atoms with Crippen molar-refractivity contribution in [3.8, 4) is 0 Å². The Morgan fingerprint density at radius 3 is 2.75 bits per heavy atom. The number of aliphatic hydroxyl groups is 1. The number of alkyl halides is 1. The van der Waals surface area contributed by atoms with Crippen LogP contribution in [0.25, 0.3) is 0 Å². The van der Waals surface area contributed by atoms with Gasteiger partial charge in [-0.25, -0.2) is 8.78 Å². The molecule has 0 radical (unpaired) electrons. The Hall–Kier alpha value is -0.710. The van der Waals surface area contributed by atoms with Gasteiger partial charge >= 0.3 is 0 Å². The van der Waals surface area contributed by atoms with Crippen LogP contribution < -0.4 is 0 Å². The van der Waals surface area contributed by atoms with E-state index in [0.29, 0.717) is 13.1 Å². The lowest BCUT2D eigenvalue weighted by Gasteiger charge is -2.19. The highest BCUT2D eigenvalue weighted by Gasteiger charge is 2.15. The Morgan fingerprint density at radius 1 is 1.44 bits per heavy atom. The van der Waals surface area contributed by atoms with Gasteiger partial charge in [-0.3, -0.25) is 0 Å². The van der Waals surface area contributed by atoms with Crippen molar-refractivity contribution >= 4 is 11.6 Å². The molecule has 16 heavy (non-hydrogen) atoms. The summed E-state index contributed by atoms with van der Waals surface area (Å²) < 4.78 is 26.3. The summed E-state index contributed by atoms with van der Waals surface area (Å²) in [6, 6.07) is 3.21. The van der Waals surface area contributed by atoms with Crippen LogP contribution in [0.3, 0.4) is 0 Å². The van der Waals surface area contributed by atoms with Crippen LogP contribution in [-0.4, -0.2) is 36.8 Å². The summed E-state index contributed by atoms with van der Waals surface area (Å²) in [4.78, 5) is 1.75. The van der Waals surface area contributed by atoms with Crippen molar-refractivity contribution in [2.75, 3.05) is 26.7 Å². The van der Waals surface area contributed by atoms with Gasteiger partial charge in [-0.2, -0.15) is 0 Å². The fourth-order valence-electron chi connectivity index (χ4n) is 1.39. The van der Waals surface area contributed by atoms with Crippen LogP contribution in [0.5, 0.6) is 0 Å². The Labute approximate surface area is 98.4 Å². The molecular formula is C11H14ClF2NO. The van der Waals surface area contributed by atoms with Crippen molar-refractivity contribution in [2.24, 2.45) is 0 Å². The number of benzene rings is 1. The van der Waals surface area contributed by atoms with Gasteiger partial charge in [-0.1, -0.05) is 0 Å². The normalized spacial score (nSPS) is 13.1. The van der Waals surface area contributed by atoms with Crippen LogP contribution in [0.4, 0.5) is 8.78 Å². The maximum atomic E-state index is 13.3. The molecule has 1 aromatic rings. The predicted octanol–water partition coefficient (Wildman–Crippen LogP) is 2.17. The number of hydrogen-bond acceptors (Lipinski definition) is 2. The molecule has 1 unspecified atom stereocenters. The minimum Gasteiger partial charge on any atom is -0.395 e. The summed E-state index contributed by atoms with van der Waals surface area (Å²) in [6.07, 6.45) is 0. The molecule has 1 N–H and O–H groups in total. The third-order valence-corrected chi connectivity index (χ3v) is 2.62. The van der Waals surface area contributed by atoms with E-state index in [2.05, 4.69) is 0 Å². The summed E-state index contributed by atoms with van der Waals surface area (Å²) >= 11 is 5.98. The van der Waals surface area contributed by atoms with E-state index in [1.165, 1.54) is 0 Å². The molecule has 0 saturated carbocycles. The van der Waals surface area contributed by atoms with Gasteiger partial charge in [-0.05, 0) is 25.2 Å². The fourth-order valence-corrected chi connectivity index (χ4v) is 1.79. The SMILES string of the molecule is CN(CCO)CC(Cl)c1cc(F)ccc1F. The van der Waals surface area contributed by atoms with Gasteiger partial charge in [0.2, 0.25) is 0 Å². The maximum absolute atomic E-state index is 13.3. The smallest absolute Gasteiger partial charge is 0.128 e. The van der Waals surface area contributed by atoms with Gasteiger partial charge in [0.25, 0.3) is 0 Å². The molecule has 0 aliphatic heterocycles. The van der Waals surface area contributed by atoms with Gasteiger partial charge in [0.1, 0.15) is 11.6 Å². The van der Waals surface area contributed by atoms with E-state index in [1.807, 2.05) is 0 Å². The minimum atomic E-state index is -0.632. The summed E-state index contributed by atoms with van der Waals surface area (Å²) in [7, 11) is 1.75. The van der Waals surface area contributed by atoms with Crippen molar-refractivity contribution in [3.63, 3.8) is 0 Å². The van der Waals surface area contributed by atoms with Crippen molar-refractivity contribution in [1.82, 2.24) is 4.90 Å². The molecule has 0 fully saturated rings. The fraction of sp³-hybridized carbons (Fsp3) is 0.455. The molecule has 0 spiro atoms. The average molecular weight is 250 g/mol. The van der Waals surface area contributed by atoms with Crippen LogP contribution in [0, 0.1) is 11.6 Å². The highest BCUT2D eigenvalue weighted by Crippen LogP contribution is 2.24. The van der Waals surface area contributed by atoms with E-state index in [0.717, 1.165) is 18.2 Å². The molecule has 5 heteroatoms. The highest BCUT2D eigenvalue weighted by atomic mass is 35.5. The number of aliphatic hydroxyl groups excluding tert-OH is 1. The first-order valence-corrected chi connectivity index (χ1v) is 5.36. The second-order valence-corrected chi connectivity index (χ2v) is 4.15. The molecular weight excluding hydrogens is 236 g/mol. The molecule has 0 aliphatic rings. The summed E-state index contributed by atoms with van der Waals surface area (Å²) in [5, 5.41) is 8.07. The molecule has 2 nitrogen and oxygen atoms in total. The van der Waals surface area contributed by atoms with Crippen LogP contribution in [0.1, 0.15) is 10.9 Å². The van der Waals surface area contributed by atoms with Crippen molar-refractivity contribution in [3.05, 3.63) is 35.4 Å². The molecule has 0 heterocycles. The molecule has 0 bridgehead atoms. The van der Waals surface area contributed by atoms with Crippen LogP contribution >= 0.6 is 11.6 Å². The van der Waals surface area contributed by atoms with E-state index < -0.39 is 17.0 Å². The highest BCUT2D eigenvalue weighted by molar-refractivity contribution is 6.21.